The normalized spacial score (nSPS) is 10.4. The second-order valence-electron chi connectivity index (χ2n) is 5.06. The maximum absolute atomic E-state index is 11.8. The van der Waals surface area contributed by atoms with E-state index in [1.807, 2.05) is 0 Å². The molecule has 1 rings (SSSR count). The third-order valence-corrected chi connectivity index (χ3v) is 3.48. The number of unbranched alkanes of at least 4 members (excludes halogenated alkanes) is 5. The minimum atomic E-state index is -1.08. The summed E-state index contributed by atoms with van der Waals surface area (Å²) in [5.41, 5.74) is 0.307. The predicted molar refractivity (Wildman–Crippen MR) is 85.0 cm³/mol. The summed E-state index contributed by atoms with van der Waals surface area (Å²) in [5.74, 6) is -1.25. The smallest absolute Gasteiger partial charge is 0.337 e. The maximum atomic E-state index is 11.8. The van der Waals surface area contributed by atoms with Crippen molar-refractivity contribution in [2.75, 3.05) is 5.32 Å². The first kappa shape index (κ1) is 17.5. The van der Waals surface area contributed by atoms with Crippen molar-refractivity contribution in [1.29, 1.82) is 0 Å². The van der Waals surface area contributed by atoms with Crippen LogP contribution in [-0.4, -0.2) is 17.0 Å². The molecule has 116 valence electrons. The lowest BCUT2D eigenvalue weighted by Gasteiger charge is -2.09. The minimum Gasteiger partial charge on any atom is -0.478 e. The predicted octanol–water partition coefficient (Wildman–Crippen LogP) is 4.73. The standard InChI is InChI=1S/C16H22ClNO3/c1-2-3-4-5-6-7-8-15(19)18-14-11-12(17)9-10-13(14)16(20)21/h9-11H,2-8H2,1H3,(H,18,19)(H,20,21). The number of carboxylic acids is 1. The van der Waals surface area contributed by atoms with Crippen molar-refractivity contribution in [2.24, 2.45) is 0 Å². The Morgan fingerprint density at radius 2 is 1.81 bits per heavy atom. The fourth-order valence-corrected chi connectivity index (χ4v) is 2.26. The molecule has 1 aromatic carbocycles. The Labute approximate surface area is 130 Å². The number of anilines is 1. The fourth-order valence-electron chi connectivity index (χ4n) is 2.08. The number of carboxylic acid groups (broad SMARTS) is 1. The number of benzene rings is 1. The number of amides is 1. The number of hydrogen-bond donors (Lipinski definition) is 2. The number of nitrogens with one attached hydrogen (secondary N) is 1. The van der Waals surface area contributed by atoms with E-state index >= 15 is 0 Å². The number of aromatic carboxylic acids is 1. The van der Waals surface area contributed by atoms with Gasteiger partial charge in [-0.1, -0.05) is 50.6 Å². The summed E-state index contributed by atoms with van der Waals surface area (Å²) >= 11 is 5.84. The van der Waals surface area contributed by atoms with Crippen LogP contribution in [0.5, 0.6) is 0 Å². The summed E-state index contributed by atoms with van der Waals surface area (Å²) in [6.07, 6.45) is 7.02. The van der Waals surface area contributed by atoms with E-state index in [1.54, 1.807) is 0 Å². The van der Waals surface area contributed by atoms with Gasteiger partial charge in [-0.15, -0.1) is 0 Å². The van der Waals surface area contributed by atoms with Crippen molar-refractivity contribution in [2.45, 2.75) is 51.9 Å². The average molecular weight is 312 g/mol. The summed E-state index contributed by atoms with van der Waals surface area (Å²) in [7, 11) is 0. The Balaban J connectivity index is 2.44. The molecule has 5 heteroatoms. The first-order valence-corrected chi connectivity index (χ1v) is 7.75. The molecule has 0 aliphatic rings. The Bertz CT molecular complexity index is 488. The quantitative estimate of drug-likeness (QED) is 0.648. The van der Waals surface area contributed by atoms with Crippen LogP contribution in [0.25, 0.3) is 0 Å². The van der Waals surface area contributed by atoms with Gasteiger partial charge in [0.1, 0.15) is 0 Å². The molecule has 21 heavy (non-hydrogen) atoms. The number of hydrogen-bond acceptors (Lipinski definition) is 2. The number of rotatable bonds is 9. The number of halogens is 1. The Morgan fingerprint density at radius 1 is 1.14 bits per heavy atom. The molecule has 0 spiro atoms. The van der Waals surface area contributed by atoms with E-state index < -0.39 is 5.97 Å². The summed E-state index contributed by atoms with van der Waals surface area (Å²) in [6, 6.07) is 4.35. The van der Waals surface area contributed by atoms with Crippen molar-refractivity contribution in [1.82, 2.24) is 0 Å². The van der Waals surface area contributed by atoms with Crippen LogP contribution < -0.4 is 5.32 Å². The summed E-state index contributed by atoms with van der Waals surface area (Å²) in [6.45, 7) is 2.17. The highest BCUT2D eigenvalue weighted by Crippen LogP contribution is 2.21. The van der Waals surface area contributed by atoms with E-state index in [4.69, 9.17) is 16.7 Å². The van der Waals surface area contributed by atoms with Gasteiger partial charge in [0.2, 0.25) is 5.91 Å². The van der Waals surface area contributed by atoms with Crippen LogP contribution in [0.15, 0.2) is 18.2 Å². The van der Waals surface area contributed by atoms with E-state index in [1.165, 1.54) is 37.5 Å². The molecule has 0 radical (unpaired) electrons. The Hall–Kier alpha value is -1.55. The fraction of sp³-hybridized carbons (Fsp3) is 0.500. The highest BCUT2D eigenvalue weighted by molar-refractivity contribution is 6.31. The van der Waals surface area contributed by atoms with Crippen LogP contribution in [0.3, 0.4) is 0 Å². The molecule has 0 atom stereocenters. The van der Waals surface area contributed by atoms with Gasteiger partial charge in [0.25, 0.3) is 0 Å². The van der Waals surface area contributed by atoms with Crippen LogP contribution in [0.4, 0.5) is 5.69 Å². The van der Waals surface area contributed by atoms with Crippen molar-refractivity contribution >= 4 is 29.2 Å². The van der Waals surface area contributed by atoms with Crippen LogP contribution in [0.1, 0.15) is 62.2 Å². The van der Waals surface area contributed by atoms with Crippen LogP contribution >= 0.6 is 11.6 Å². The van der Waals surface area contributed by atoms with Gasteiger partial charge in [-0.3, -0.25) is 4.79 Å². The molecular formula is C16H22ClNO3. The molecule has 1 amide bonds. The van der Waals surface area contributed by atoms with Gasteiger partial charge in [0.15, 0.2) is 0 Å². The lowest BCUT2D eigenvalue weighted by Crippen LogP contribution is -2.14. The molecule has 0 aliphatic heterocycles. The zero-order valence-corrected chi connectivity index (χ0v) is 13.1. The summed E-state index contributed by atoms with van der Waals surface area (Å²) < 4.78 is 0. The molecule has 0 aromatic heterocycles. The molecule has 0 saturated heterocycles. The van der Waals surface area contributed by atoms with E-state index in [9.17, 15) is 9.59 Å². The highest BCUT2D eigenvalue weighted by atomic mass is 35.5. The first-order valence-electron chi connectivity index (χ1n) is 7.37. The molecular weight excluding hydrogens is 290 g/mol. The lowest BCUT2D eigenvalue weighted by atomic mass is 10.1. The van der Waals surface area contributed by atoms with Crippen molar-refractivity contribution in [3.05, 3.63) is 28.8 Å². The second-order valence-corrected chi connectivity index (χ2v) is 5.50. The first-order chi connectivity index (χ1) is 10.0. The van der Waals surface area contributed by atoms with Gasteiger partial charge in [0.05, 0.1) is 11.3 Å². The highest BCUT2D eigenvalue weighted by Gasteiger charge is 2.12. The van der Waals surface area contributed by atoms with E-state index in [0.717, 1.165) is 19.3 Å². The van der Waals surface area contributed by atoms with E-state index in [0.29, 0.717) is 11.4 Å². The monoisotopic (exact) mass is 311 g/mol. The van der Waals surface area contributed by atoms with Gasteiger partial charge >= 0.3 is 5.97 Å². The average Bonchev–Trinajstić information content (AvgIpc) is 2.42. The Morgan fingerprint density at radius 3 is 2.48 bits per heavy atom. The van der Waals surface area contributed by atoms with E-state index in [-0.39, 0.29) is 17.2 Å². The van der Waals surface area contributed by atoms with Crippen molar-refractivity contribution in [3.63, 3.8) is 0 Å². The van der Waals surface area contributed by atoms with Gasteiger partial charge in [-0.2, -0.15) is 0 Å². The van der Waals surface area contributed by atoms with E-state index in [2.05, 4.69) is 12.2 Å². The molecule has 0 saturated carbocycles. The van der Waals surface area contributed by atoms with Gasteiger partial charge in [-0.25, -0.2) is 4.79 Å². The molecule has 0 bridgehead atoms. The third-order valence-electron chi connectivity index (χ3n) is 3.24. The second kappa shape index (κ2) is 9.40. The minimum absolute atomic E-state index is 0.0516. The number of carbonyl (C=O) groups is 2. The van der Waals surface area contributed by atoms with Gasteiger partial charge < -0.3 is 10.4 Å². The van der Waals surface area contributed by atoms with Crippen LogP contribution in [0, 0.1) is 0 Å². The molecule has 0 unspecified atom stereocenters. The van der Waals surface area contributed by atoms with Crippen LogP contribution in [-0.2, 0) is 4.79 Å². The SMILES string of the molecule is CCCCCCCCC(=O)Nc1cc(Cl)ccc1C(=O)O. The molecule has 0 aliphatic carbocycles. The molecule has 2 N–H and O–H groups in total. The Kier molecular flexibility index (Phi) is 7.83. The molecule has 1 aromatic rings. The van der Waals surface area contributed by atoms with Crippen molar-refractivity contribution < 1.29 is 14.7 Å². The third kappa shape index (κ3) is 6.63. The number of carbonyl (C=O) groups excluding carboxylic acids is 1. The molecule has 0 fully saturated rings. The lowest BCUT2D eigenvalue weighted by molar-refractivity contribution is -0.116. The zero-order valence-electron chi connectivity index (χ0n) is 12.3. The largest absolute Gasteiger partial charge is 0.478 e. The maximum Gasteiger partial charge on any atom is 0.337 e. The molecule has 4 nitrogen and oxygen atoms in total. The zero-order chi connectivity index (χ0) is 15.7. The van der Waals surface area contributed by atoms with Crippen LogP contribution in [0.2, 0.25) is 5.02 Å². The molecule has 0 heterocycles. The topological polar surface area (TPSA) is 66.4 Å². The van der Waals surface area contributed by atoms with Gasteiger partial charge in [-0.05, 0) is 24.6 Å². The van der Waals surface area contributed by atoms with Gasteiger partial charge in [0, 0.05) is 11.4 Å². The summed E-state index contributed by atoms with van der Waals surface area (Å²) in [4.78, 5) is 22.9. The summed E-state index contributed by atoms with van der Waals surface area (Å²) in [5, 5.41) is 12.1. The van der Waals surface area contributed by atoms with Crippen molar-refractivity contribution in [3.8, 4) is 0 Å².